The molecule has 0 aromatic heterocycles. The highest BCUT2D eigenvalue weighted by molar-refractivity contribution is 9.10. The van der Waals surface area contributed by atoms with Crippen LogP contribution in [0.2, 0.25) is 5.02 Å². The Labute approximate surface area is 190 Å². The number of ether oxygens (including phenoxy) is 1. The van der Waals surface area contributed by atoms with Crippen molar-refractivity contribution in [2.75, 3.05) is 6.61 Å². The number of carbonyl (C=O) groups excluding carboxylic acids is 2. The highest BCUT2D eigenvalue weighted by Crippen LogP contribution is 2.23. The molecule has 0 bridgehead atoms. The van der Waals surface area contributed by atoms with E-state index in [4.69, 9.17) is 16.3 Å². The fourth-order valence-corrected chi connectivity index (χ4v) is 4.00. The van der Waals surface area contributed by atoms with Crippen LogP contribution in [0.5, 0.6) is 5.75 Å². The van der Waals surface area contributed by atoms with Gasteiger partial charge in [0.1, 0.15) is 11.8 Å². The van der Waals surface area contributed by atoms with Gasteiger partial charge in [-0.1, -0.05) is 64.6 Å². The standard InChI is InChI=1S/C23H26BrClN2O3/c1-16(23(29)26-19-6-2-3-7-19)27(14-17-10-12-18(24)13-11-17)22(28)15-30-21-9-5-4-8-20(21)25/h4-5,8-13,16,19H,2-3,6-7,14-15H2,1H3,(H,26,29). The van der Waals surface area contributed by atoms with Crippen LogP contribution in [0.3, 0.4) is 0 Å². The van der Waals surface area contributed by atoms with Gasteiger partial charge >= 0.3 is 0 Å². The van der Waals surface area contributed by atoms with Crippen LogP contribution in [-0.2, 0) is 16.1 Å². The Bertz CT molecular complexity index is 869. The van der Waals surface area contributed by atoms with Crippen molar-refractivity contribution >= 4 is 39.3 Å². The third-order valence-corrected chi connectivity index (χ3v) is 6.16. The normalized spacial score (nSPS) is 14.9. The maximum absolute atomic E-state index is 13.1. The molecule has 2 aromatic carbocycles. The Morgan fingerprint density at radius 1 is 1.17 bits per heavy atom. The minimum Gasteiger partial charge on any atom is -0.482 e. The molecule has 0 aliphatic heterocycles. The highest BCUT2D eigenvalue weighted by atomic mass is 79.9. The van der Waals surface area contributed by atoms with Gasteiger partial charge in [-0.3, -0.25) is 9.59 Å². The molecule has 0 spiro atoms. The summed E-state index contributed by atoms with van der Waals surface area (Å²) in [7, 11) is 0. The van der Waals surface area contributed by atoms with E-state index in [1.54, 1.807) is 36.1 Å². The Kier molecular flexibility index (Phi) is 8.16. The summed E-state index contributed by atoms with van der Waals surface area (Å²) < 4.78 is 6.59. The fraction of sp³-hybridized carbons (Fsp3) is 0.391. The zero-order chi connectivity index (χ0) is 21.5. The minimum atomic E-state index is -0.614. The molecule has 1 unspecified atom stereocenters. The van der Waals surface area contributed by atoms with Gasteiger partial charge in [0.2, 0.25) is 5.91 Å². The zero-order valence-electron chi connectivity index (χ0n) is 16.9. The number of nitrogens with zero attached hydrogens (tertiary/aromatic N) is 1. The second-order valence-corrected chi connectivity index (χ2v) is 8.86. The molecule has 2 amide bonds. The molecular weight excluding hydrogens is 468 g/mol. The number of hydrogen-bond donors (Lipinski definition) is 1. The smallest absolute Gasteiger partial charge is 0.261 e. The third-order valence-electron chi connectivity index (χ3n) is 5.32. The first-order valence-corrected chi connectivity index (χ1v) is 11.3. The predicted molar refractivity (Wildman–Crippen MR) is 121 cm³/mol. The van der Waals surface area contributed by atoms with Gasteiger partial charge in [0.15, 0.2) is 6.61 Å². The van der Waals surface area contributed by atoms with Crippen molar-refractivity contribution < 1.29 is 14.3 Å². The van der Waals surface area contributed by atoms with Crippen molar-refractivity contribution in [2.24, 2.45) is 0 Å². The fourth-order valence-electron chi connectivity index (χ4n) is 3.55. The summed E-state index contributed by atoms with van der Waals surface area (Å²) in [4.78, 5) is 27.5. The lowest BCUT2D eigenvalue weighted by Gasteiger charge is -2.29. The van der Waals surface area contributed by atoms with Gasteiger partial charge in [-0.15, -0.1) is 0 Å². The van der Waals surface area contributed by atoms with Crippen LogP contribution in [0.4, 0.5) is 0 Å². The first kappa shape index (κ1) is 22.6. The van der Waals surface area contributed by atoms with Crippen LogP contribution >= 0.6 is 27.5 Å². The number of para-hydroxylation sites is 1. The van der Waals surface area contributed by atoms with Gasteiger partial charge in [-0.05, 0) is 49.6 Å². The molecule has 1 aliphatic rings. The molecule has 0 heterocycles. The van der Waals surface area contributed by atoms with Crippen molar-refractivity contribution in [3.63, 3.8) is 0 Å². The van der Waals surface area contributed by atoms with Crippen LogP contribution in [0, 0.1) is 0 Å². The van der Waals surface area contributed by atoms with E-state index in [0.717, 1.165) is 35.7 Å². The van der Waals surface area contributed by atoms with Crippen molar-refractivity contribution in [2.45, 2.75) is 51.2 Å². The second-order valence-electron chi connectivity index (χ2n) is 7.53. The van der Waals surface area contributed by atoms with Crippen molar-refractivity contribution in [3.8, 4) is 5.75 Å². The topological polar surface area (TPSA) is 58.6 Å². The second kappa shape index (κ2) is 10.8. The Morgan fingerprint density at radius 2 is 1.83 bits per heavy atom. The molecule has 5 nitrogen and oxygen atoms in total. The lowest BCUT2D eigenvalue weighted by Crippen LogP contribution is -2.50. The lowest BCUT2D eigenvalue weighted by molar-refractivity contribution is -0.142. The van der Waals surface area contributed by atoms with E-state index in [0.29, 0.717) is 17.3 Å². The quantitative estimate of drug-likeness (QED) is 0.566. The van der Waals surface area contributed by atoms with E-state index in [2.05, 4.69) is 21.2 Å². The number of carbonyl (C=O) groups is 2. The first-order chi connectivity index (χ1) is 14.4. The average molecular weight is 494 g/mol. The van der Waals surface area contributed by atoms with E-state index < -0.39 is 6.04 Å². The van der Waals surface area contributed by atoms with Crippen LogP contribution in [0.25, 0.3) is 0 Å². The maximum Gasteiger partial charge on any atom is 0.261 e. The van der Waals surface area contributed by atoms with E-state index in [1.807, 2.05) is 24.3 Å². The molecule has 30 heavy (non-hydrogen) atoms. The minimum absolute atomic E-state index is 0.134. The molecule has 1 saturated carbocycles. The Morgan fingerprint density at radius 3 is 2.50 bits per heavy atom. The summed E-state index contributed by atoms with van der Waals surface area (Å²) in [5.41, 5.74) is 0.935. The van der Waals surface area contributed by atoms with E-state index >= 15 is 0 Å². The predicted octanol–water partition coefficient (Wildman–Crippen LogP) is 4.96. The number of benzene rings is 2. The molecule has 0 saturated heterocycles. The van der Waals surface area contributed by atoms with Gasteiger partial charge in [0.05, 0.1) is 5.02 Å². The maximum atomic E-state index is 13.1. The van der Waals surface area contributed by atoms with Gasteiger partial charge in [0.25, 0.3) is 5.91 Å². The number of halogens is 2. The molecule has 160 valence electrons. The SMILES string of the molecule is CC(C(=O)NC1CCCC1)N(Cc1ccc(Br)cc1)C(=O)COc1ccccc1Cl. The van der Waals surface area contributed by atoms with Crippen molar-refractivity contribution in [3.05, 3.63) is 63.6 Å². The van der Waals surface area contributed by atoms with Gasteiger partial charge in [0, 0.05) is 17.1 Å². The summed E-state index contributed by atoms with van der Waals surface area (Å²) in [6.07, 6.45) is 4.25. The summed E-state index contributed by atoms with van der Waals surface area (Å²) in [6, 6.07) is 14.3. The van der Waals surface area contributed by atoms with Gasteiger partial charge in [-0.25, -0.2) is 0 Å². The van der Waals surface area contributed by atoms with Crippen LogP contribution in [-0.4, -0.2) is 35.4 Å². The Hall–Kier alpha value is -2.05. The number of nitrogens with one attached hydrogen (secondary N) is 1. The molecular formula is C23H26BrClN2O3. The molecule has 0 radical (unpaired) electrons. The van der Waals surface area contributed by atoms with Crippen LogP contribution in [0.1, 0.15) is 38.2 Å². The highest BCUT2D eigenvalue weighted by Gasteiger charge is 2.28. The monoisotopic (exact) mass is 492 g/mol. The molecule has 3 rings (SSSR count). The van der Waals surface area contributed by atoms with Crippen LogP contribution < -0.4 is 10.1 Å². The van der Waals surface area contributed by atoms with E-state index in [1.165, 1.54) is 0 Å². The van der Waals surface area contributed by atoms with Crippen LogP contribution in [0.15, 0.2) is 53.0 Å². The molecule has 1 fully saturated rings. The first-order valence-electron chi connectivity index (χ1n) is 10.2. The van der Waals surface area contributed by atoms with Crippen molar-refractivity contribution in [1.29, 1.82) is 0 Å². The number of rotatable bonds is 8. The average Bonchev–Trinajstić information content (AvgIpc) is 3.25. The molecule has 2 aromatic rings. The Balaban J connectivity index is 1.71. The summed E-state index contributed by atoms with van der Waals surface area (Å²) in [6.45, 7) is 1.88. The largest absolute Gasteiger partial charge is 0.482 e. The van der Waals surface area contributed by atoms with E-state index in [9.17, 15) is 9.59 Å². The van der Waals surface area contributed by atoms with E-state index in [-0.39, 0.29) is 24.5 Å². The lowest BCUT2D eigenvalue weighted by atomic mass is 10.1. The molecule has 7 heteroatoms. The molecule has 1 aliphatic carbocycles. The third kappa shape index (κ3) is 6.22. The zero-order valence-corrected chi connectivity index (χ0v) is 19.3. The molecule has 1 N–H and O–H groups in total. The molecule has 1 atom stereocenters. The summed E-state index contributed by atoms with van der Waals surface area (Å²) in [5.74, 6) is 0.0381. The number of amides is 2. The van der Waals surface area contributed by atoms with Crippen molar-refractivity contribution in [1.82, 2.24) is 10.2 Å². The summed E-state index contributed by atoms with van der Waals surface area (Å²) in [5, 5.41) is 3.53. The van der Waals surface area contributed by atoms with Gasteiger partial charge < -0.3 is 15.0 Å². The summed E-state index contributed by atoms with van der Waals surface area (Å²) >= 11 is 9.54. The van der Waals surface area contributed by atoms with Gasteiger partial charge in [-0.2, -0.15) is 0 Å². The number of hydrogen-bond acceptors (Lipinski definition) is 3.